The fourth-order valence-electron chi connectivity index (χ4n) is 2.12. The van der Waals surface area contributed by atoms with Crippen molar-refractivity contribution in [2.45, 2.75) is 12.5 Å². The van der Waals surface area contributed by atoms with Gasteiger partial charge in [0.2, 0.25) is 5.91 Å². The van der Waals surface area contributed by atoms with Gasteiger partial charge in [0.05, 0.1) is 24.0 Å². The van der Waals surface area contributed by atoms with E-state index in [0.717, 1.165) is 0 Å². The maximum Gasteiger partial charge on any atom is 0.256 e. The minimum absolute atomic E-state index is 0.152. The van der Waals surface area contributed by atoms with Gasteiger partial charge in [-0.2, -0.15) is 5.10 Å². The molecule has 6 heteroatoms. The van der Waals surface area contributed by atoms with Crippen LogP contribution in [0.5, 0.6) is 0 Å². The molecule has 0 radical (unpaired) electrons. The van der Waals surface area contributed by atoms with E-state index in [0.29, 0.717) is 11.4 Å². The molecule has 2 amide bonds. The van der Waals surface area contributed by atoms with Crippen LogP contribution < -0.4 is 10.2 Å². The highest BCUT2D eigenvalue weighted by Crippen LogP contribution is 2.24. The number of anilines is 2. The molecule has 0 aliphatic carbocycles. The third-order valence-electron chi connectivity index (χ3n) is 3.00. The van der Waals surface area contributed by atoms with Crippen LogP contribution in [0.1, 0.15) is 6.42 Å². The maximum absolute atomic E-state index is 12.3. The average Bonchev–Trinajstić information content (AvgIpc) is 3.01. The largest absolute Gasteiger partial charge is 0.371 e. The van der Waals surface area contributed by atoms with E-state index in [-0.39, 0.29) is 18.2 Å². The van der Waals surface area contributed by atoms with E-state index in [1.165, 1.54) is 4.90 Å². The Bertz CT molecular complexity index is 594. The number of amides is 2. The average molecular weight is 256 g/mol. The molecule has 96 valence electrons. The van der Waals surface area contributed by atoms with Gasteiger partial charge in [0.15, 0.2) is 0 Å². The fraction of sp³-hybridized carbons (Fsp3) is 0.154. The summed E-state index contributed by atoms with van der Waals surface area (Å²) in [5.41, 5.74) is 1.30. The predicted octanol–water partition coefficient (Wildman–Crippen LogP) is 1.15. The minimum Gasteiger partial charge on any atom is -0.371 e. The monoisotopic (exact) mass is 256 g/mol. The number of benzene rings is 1. The smallest absolute Gasteiger partial charge is 0.256 e. The molecule has 1 aromatic carbocycles. The molecule has 1 aliphatic heterocycles. The van der Waals surface area contributed by atoms with Crippen LogP contribution in [0.15, 0.2) is 42.7 Å². The summed E-state index contributed by atoms with van der Waals surface area (Å²) < 4.78 is 0. The molecule has 1 aromatic heterocycles. The number of H-pyrrole nitrogens is 1. The standard InChI is InChI=1S/C13H12N4O2/c18-12-6-11(16-9-7-14-15-8-9)13(19)17(12)10-4-2-1-3-5-10/h1-5,7-8,11,16H,6H2,(H,14,15). The number of nitrogens with zero attached hydrogens (tertiary/aromatic N) is 2. The number of nitrogens with one attached hydrogen (secondary N) is 2. The summed E-state index contributed by atoms with van der Waals surface area (Å²) in [6.45, 7) is 0. The second-order valence-electron chi connectivity index (χ2n) is 4.29. The van der Waals surface area contributed by atoms with Crippen LogP contribution in [-0.4, -0.2) is 28.1 Å². The Labute approximate surface area is 109 Å². The molecule has 3 rings (SSSR count). The van der Waals surface area contributed by atoms with E-state index >= 15 is 0 Å². The van der Waals surface area contributed by atoms with Crippen molar-refractivity contribution in [1.82, 2.24) is 10.2 Å². The predicted molar refractivity (Wildman–Crippen MR) is 69.6 cm³/mol. The molecular formula is C13H12N4O2. The Morgan fingerprint density at radius 3 is 2.74 bits per heavy atom. The minimum atomic E-state index is -0.537. The van der Waals surface area contributed by atoms with Gasteiger partial charge in [0.25, 0.3) is 5.91 Å². The third kappa shape index (κ3) is 2.08. The number of carbonyl (C=O) groups is 2. The summed E-state index contributed by atoms with van der Waals surface area (Å²) in [6.07, 6.45) is 3.37. The van der Waals surface area contributed by atoms with Gasteiger partial charge in [0, 0.05) is 6.20 Å². The summed E-state index contributed by atoms with van der Waals surface area (Å²) in [7, 11) is 0. The Balaban J connectivity index is 1.82. The second-order valence-corrected chi connectivity index (χ2v) is 4.29. The normalized spacial score (nSPS) is 18.9. The topological polar surface area (TPSA) is 78.1 Å². The van der Waals surface area contributed by atoms with Crippen molar-refractivity contribution in [2.24, 2.45) is 0 Å². The van der Waals surface area contributed by atoms with E-state index in [9.17, 15) is 9.59 Å². The van der Waals surface area contributed by atoms with Gasteiger partial charge in [-0.3, -0.25) is 14.7 Å². The number of rotatable bonds is 3. The Morgan fingerprint density at radius 1 is 1.26 bits per heavy atom. The molecule has 0 saturated carbocycles. The van der Waals surface area contributed by atoms with Crippen LogP contribution >= 0.6 is 0 Å². The summed E-state index contributed by atoms with van der Waals surface area (Å²) in [5.74, 6) is -0.436. The van der Waals surface area contributed by atoms with Gasteiger partial charge >= 0.3 is 0 Å². The highest BCUT2D eigenvalue weighted by Gasteiger charge is 2.39. The van der Waals surface area contributed by atoms with Crippen LogP contribution in [0, 0.1) is 0 Å². The Kier molecular flexibility index (Phi) is 2.75. The Morgan fingerprint density at radius 2 is 2.05 bits per heavy atom. The lowest BCUT2D eigenvalue weighted by molar-refractivity contribution is -0.121. The summed E-state index contributed by atoms with van der Waals surface area (Å²) >= 11 is 0. The third-order valence-corrected chi connectivity index (χ3v) is 3.00. The van der Waals surface area contributed by atoms with E-state index in [1.54, 1.807) is 36.7 Å². The molecule has 0 spiro atoms. The molecule has 6 nitrogen and oxygen atoms in total. The number of hydrogen-bond acceptors (Lipinski definition) is 4. The van der Waals surface area contributed by atoms with Gasteiger partial charge in [-0.05, 0) is 12.1 Å². The van der Waals surface area contributed by atoms with Crippen molar-refractivity contribution in [1.29, 1.82) is 0 Å². The maximum atomic E-state index is 12.3. The molecule has 1 atom stereocenters. The van der Waals surface area contributed by atoms with Crippen molar-refractivity contribution in [2.75, 3.05) is 10.2 Å². The zero-order valence-electron chi connectivity index (χ0n) is 10.0. The summed E-state index contributed by atoms with van der Waals surface area (Å²) in [4.78, 5) is 25.4. The Hall–Kier alpha value is -2.63. The molecular weight excluding hydrogens is 244 g/mol. The van der Waals surface area contributed by atoms with Gasteiger partial charge < -0.3 is 5.32 Å². The second kappa shape index (κ2) is 4.56. The zero-order valence-corrected chi connectivity index (χ0v) is 10.0. The number of imide groups is 1. The van der Waals surface area contributed by atoms with Crippen LogP contribution in [0.2, 0.25) is 0 Å². The van der Waals surface area contributed by atoms with E-state index in [4.69, 9.17) is 0 Å². The lowest BCUT2D eigenvalue weighted by atomic mass is 10.2. The first-order valence-corrected chi connectivity index (χ1v) is 5.93. The number of aromatic nitrogens is 2. The quantitative estimate of drug-likeness (QED) is 0.808. The van der Waals surface area contributed by atoms with Crippen molar-refractivity contribution in [3.05, 3.63) is 42.7 Å². The number of hydrogen-bond donors (Lipinski definition) is 2. The van der Waals surface area contributed by atoms with E-state index in [1.807, 2.05) is 6.07 Å². The van der Waals surface area contributed by atoms with E-state index in [2.05, 4.69) is 15.5 Å². The molecule has 19 heavy (non-hydrogen) atoms. The lowest BCUT2D eigenvalue weighted by Gasteiger charge is -2.15. The van der Waals surface area contributed by atoms with Gasteiger partial charge in [-0.15, -0.1) is 0 Å². The molecule has 0 bridgehead atoms. The molecule has 1 fully saturated rings. The van der Waals surface area contributed by atoms with Crippen LogP contribution in [-0.2, 0) is 9.59 Å². The molecule has 2 heterocycles. The van der Waals surface area contributed by atoms with Gasteiger partial charge in [-0.1, -0.05) is 18.2 Å². The molecule has 1 aliphatic rings. The van der Waals surface area contributed by atoms with E-state index < -0.39 is 6.04 Å². The molecule has 2 N–H and O–H groups in total. The SMILES string of the molecule is O=C1CC(Nc2cn[nH]c2)C(=O)N1c1ccccc1. The molecule has 1 saturated heterocycles. The first kappa shape index (κ1) is 11.5. The zero-order chi connectivity index (χ0) is 13.2. The van der Waals surface area contributed by atoms with Crippen LogP contribution in [0.25, 0.3) is 0 Å². The summed E-state index contributed by atoms with van der Waals surface area (Å²) in [5, 5.41) is 9.43. The fourth-order valence-corrected chi connectivity index (χ4v) is 2.12. The number of aromatic amines is 1. The molecule has 2 aromatic rings. The highest BCUT2D eigenvalue weighted by atomic mass is 16.2. The van der Waals surface area contributed by atoms with Gasteiger partial charge in [-0.25, -0.2) is 4.90 Å². The van der Waals surface area contributed by atoms with Crippen LogP contribution in [0.3, 0.4) is 0 Å². The van der Waals surface area contributed by atoms with Crippen molar-refractivity contribution in [3.63, 3.8) is 0 Å². The summed E-state index contributed by atoms with van der Waals surface area (Å²) in [6, 6.07) is 8.40. The first-order chi connectivity index (χ1) is 9.25. The molecule has 1 unspecified atom stereocenters. The highest BCUT2D eigenvalue weighted by molar-refractivity contribution is 6.23. The van der Waals surface area contributed by atoms with Gasteiger partial charge in [0.1, 0.15) is 6.04 Å². The van der Waals surface area contributed by atoms with Crippen molar-refractivity contribution >= 4 is 23.2 Å². The number of para-hydroxylation sites is 1. The first-order valence-electron chi connectivity index (χ1n) is 5.93. The van der Waals surface area contributed by atoms with Crippen molar-refractivity contribution in [3.8, 4) is 0 Å². The number of carbonyl (C=O) groups excluding carboxylic acids is 2. The lowest BCUT2D eigenvalue weighted by Crippen LogP contribution is -2.34. The van der Waals surface area contributed by atoms with Crippen LogP contribution in [0.4, 0.5) is 11.4 Å². The van der Waals surface area contributed by atoms with Crippen molar-refractivity contribution < 1.29 is 9.59 Å².